The average Bonchev–Trinajstić information content (AvgIpc) is 1.43. The van der Waals surface area contributed by atoms with Crippen LogP contribution in [0.1, 0.15) is 314 Å². The van der Waals surface area contributed by atoms with Crippen LogP contribution in [0.4, 0.5) is 0 Å². The zero-order chi connectivity index (χ0) is 99.1. The summed E-state index contributed by atoms with van der Waals surface area (Å²) in [7, 11) is 1.70. The minimum Gasteiger partial charge on any atom is -0.481 e. The molecule has 24 aliphatic heterocycles. The number of hydrogen-bond donors (Lipinski definition) is 3. The van der Waals surface area contributed by atoms with E-state index in [2.05, 4.69) is 62.3 Å². The maximum absolute atomic E-state index is 12.1. The molecule has 1 aromatic rings. The second-order valence-corrected chi connectivity index (χ2v) is 47.9. The van der Waals surface area contributed by atoms with Crippen LogP contribution in [0.2, 0.25) is 0 Å². The number of carboxylic acid groups (broad SMARTS) is 2. The van der Waals surface area contributed by atoms with Gasteiger partial charge >= 0.3 is 23.9 Å². The van der Waals surface area contributed by atoms with Gasteiger partial charge in [0.25, 0.3) is 0 Å². The Balaban J connectivity index is 0.000000104. The summed E-state index contributed by atoms with van der Waals surface area (Å²) in [6, 6.07) is 6.74. The van der Waals surface area contributed by atoms with Gasteiger partial charge in [-0.3, -0.25) is 14.4 Å². The standard InChI is InChI=1S/C23H30O7.C19H28O8.C17H28O5.C16H26O5.C15H24O5.C15H22O5/c1-13-4-9-18-14(2)20(26-12-15-5-7-16(8-6-15)19(24)25)27-21-23(18)17(13)10-11-22(3,28-21)29-30-23;1-10-4-5-13-11(2)16(23-15(22)7-6-14(20)21)24-17-19(13)12(10)8-9-18(3,25-17)26-27-19;1-5-18-14-11(3)13-7-6-10(2)12-8-9-16(4)20-15(19-14)17(12,13)22-21-16;1-9-5-6-12-10(2)13(17-4)18-14-16(12)11(9)7-8-15(3,19-14)20-21-16;2*1-8-4-5-11-9(2)12(16)17-13-15(11)10(8)6-7-14(3,18-13)19-20-15/h5-8,13-14,17-18,20-21H,4,9-12H2,1-3H3,(H,24,25);10-13,16-17H,4-9H2,1-3H3,(H,20,21);10-15H,5-9H2,1-4H3;9-14H,5-8H2,1-4H3;8-13,16H,4-7H2,1-3H3;8-11,13H,4-7H2,1-3H3/t13-,14-,17+,18+,20+,21-,22+,23?;10-,11-,12+,13+,16?,17-,18-,19-;10-,11-,12+,13+,14+,15-,16+,17?;9-,10-,11+,12+,13+,14-,15+,16-;8-,9-,10+,11+,12?,13-,14-,15-;8-,9-,10+,11+,13-,14+,15-/m111111/s1. The number of aliphatic hydroxyl groups is 1. The van der Waals surface area contributed by atoms with Gasteiger partial charge in [-0.1, -0.05) is 95.2 Å². The Morgan fingerprint density at radius 2 is 0.636 bits per heavy atom. The highest BCUT2D eigenvalue weighted by Crippen LogP contribution is 2.69. The van der Waals surface area contributed by atoms with Gasteiger partial charge in [0.2, 0.25) is 47.3 Å². The van der Waals surface area contributed by atoms with Crippen molar-refractivity contribution in [2.45, 2.75) is 443 Å². The largest absolute Gasteiger partial charge is 0.481 e. The first kappa shape index (κ1) is 103. The minimum atomic E-state index is -1.03. The number of methoxy groups -OCH3 is 1. The Kier molecular flexibility index (Phi) is 28.4. The Labute approximate surface area is 822 Å². The van der Waals surface area contributed by atoms with Crippen molar-refractivity contribution < 1.29 is 169 Å². The van der Waals surface area contributed by atoms with Crippen molar-refractivity contribution in [3.8, 4) is 0 Å². The minimum absolute atomic E-state index is 0.0379. The number of carbonyl (C=O) groups excluding carboxylic acids is 2. The fourth-order valence-electron chi connectivity index (χ4n) is 31.4. The van der Waals surface area contributed by atoms with Crippen LogP contribution in [0.25, 0.3) is 0 Å². The molecule has 35 nitrogen and oxygen atoms in total. The monoisotopic (exact) mass is 1980 g/mol. The van der Waals surface area contributed by atoms with E-state index in [0.717, 1.165) is 134 Å². The first-order chi connectivity index (χ1) is 66.5. The summed E-state index contributed by atoms with van der Waals surface area (Å²) in [4.78, 5) is 117. The van der Waals surface area contributed by atoms with Crippen molar-refractivity contribution in [2.75, 3.05) is 13.7 Å². The predicted octanol–water partition coefficient (Wildman–Crippen LogP) is 17.4. The maximum Gasteiger partial charge on any atom is 0.335 e. The molecule has 0 radical (unpaired) electrons. The molecule has 24 heterocycles. The third-order valence-corrected chi connectivity index (χ3v) is 39.5. The third-order valence-electron chi connectivity index (χ3n) is 39.5. The Hall–Kier alpha value is -3.98. The summed E-state index contributed by atoms with van der Waals surface area (Å²) < 4.78 is 96.4. The first-order valence-electron chi connectivity index (χ1n) is 53.4. The number of carbonyl (C=O) groups is 4. The van der Waals surface area contributed by atoms with Crippen LogP contribution in [-0.4, -0.2) is 190 Å². The van der Waals surface area contributed by atoms with Crippen molar-refractivity contribution in [3.63, 3.8) is 0 Å². The number of aliphatic hydroxyl groups excluding tert-OH is 1. The summed E-state index contributed by atoms with van der Waals surface area (Å²) in [5.41, 5.74) is -2.22. The van der Waals surface area contributed by atoms with E-state index in [1.165, 1.54) is 19.3 Å². The molecule has 4 unspecified atom stereocenters. The van der Waals surface area contributed by atoms with Crippen LogP contribution in [0, 0.1) is 142 Å². The van der Waals surface area contributed by atoms with Gasteiger partial charge in [-0.05, 0) is 247 Å². The zero-order valence-corrected chi connectivity index (χ0v) is 85.7. The van der Waals surface area contributed by atoms with E-state index in [4.69, 9.17) is 145 Å². The number of benzene rings is 1. The number of aromatic carboxylic acids is 1. The number of ether oxygens (including phenoxy) is 16. The molecule has 24 saturated heterocycles. The molecule has 31 rings (SSSR count). The molecule has 47 atom stereocenters. The van der Waals surface area contributed by atoms with Gasteiger partial charge in [-0.2, -0.15) is 0 Å². The molecule has 6 spiro atoms. The SMILES string of the molecule is CCO[C@H]1O[C@@H]2O[C@]3(C)CC[C@H]4[C@H](C)CC[C@@H]([C@H]1C)C24OO3.CO[C@H]1O[C@@H]2O[C@]3(C)CC[C@H]4[C@H](C)CC[C@@H]([C@H]1C)[C@@]24OO3.C[C@@H]1CC[C@H]2[C@@H](C)C(=O)O[C@@H]3O[C@]4(C)CC[C@@H]1[C@]32OO4.C[C@@H]1CC[C@H]2[C@@H](C)C(O)O[C@@H]3O[C@@]4(C)CC[C@@H]1[C@]32OO4.C[C@@H]1CC[C@H]2[C@@H](C)C(OC(=O)CCC(=O)O)O[C@@H]3O[C@@]4(C)CC[C@@H]1[C@]32OO4.C[C@H]1[C@@H](OCc2ccc(C(=O)O)cc2)O[C@@H]2O[C@]3(C)CC[C@H]4[C@H](C)CC[C@@H]1C24OO3. The Morgan fingerprint density at radius 3 is 0.971 bits per heavy atom. The number of hydrogen-bond acceptors (Lipinski definition) is 33. The van der Waals surface area contributed by atoms with Crippen molar-refractivity contribution >= 4 is 23.9 Å². The molecule has 6 aliphatic carbocycles. The van der Waals surface area contributed by atoms with E-state index in [0.29, 0.717) is 96.6 Å². The Morgan fingerprint density at radius 1 is 0.343 bits per heavy atom. The quantitative estimate of drug-likeness (QED) is 0.137. The summed E-state index contributed by atoms with van der Waals surface area (Å²) in [5, 5.41) is 28.0. The summed E-state index contributed by atoms with van der Waals surface area (Å²) in [6.07, 6.45) is 18.0. The normalized spacial score (nSPS) is 54.0. The highest BCUT2D eigenvalue weighted by molar-refractivity contribution is 5.87. The molecule has 788 valence electrons. The van der Waals surface area contributed by atoms with Gasteiger partial charge < -0.3 is 91.1 Å². The highest BCUT2D eigenvalue weighted by atomic mass is 17.3. The molecule has 6 saturated carbocycles. The van der Waals surface area contributed by atoms with Crippen molar-refractivity contribution in [3.05, 3.63) is 35.4 Å². The van der Waals surface area contributed by atoms with Gasteiger partial charge in [0, 0.05) is 123 Å². The molecule has 35 heteroatoms. The fraction of sp³-hybridized carbons (Fsp3) is 0.905. The van der Waals surface area contributed by atoms with E-state index in [1.807, 2.05) is 69.2 Å². The van der Waals surface area contributed by atoms with E-state index in [1.54, 1.807) is 31.4 Å². The van der Waals surface area contributed by atoms with Crippen LogP contribution < -0.4 is 0 Å². The molecule has 0 aromatic heterocycles. The molecule has 3 N–H and O–H groups in total. The van der Waals surface area contributed by atoms with Crippen molar-refractivity contribution in [1.82, 2.24) is 0 Å². The summed E-state index contributed by atoms with van der Waals surface area (Å²) in [6.45, 7) is 40.7. The molecular formula is C105H158O35. The average molecular weight is 1980 g/mol. The molecule has 12 bridgehead atoms. The van der Waals surface area contributed by atoms with Crippen LogP contribution in [0.3, 0.4) is 0 Å². The Bertz CT molecular complexity index is 4590. The van der Waals surface area contributed by atoms with Gasteiger partial charge in [-0.15, -0.1) is 0 Å². The molecule has 0 amide bonds. The smallest absolute Gasteiger partial charge is 0.335 e. The van der Waals surface area contributed by atoms with Crippen LogP contribution in [0.15, 0.2) is 24.3 Å². The lowest BCUT2D eigenvalue weighted by Gasteiger charge is -2.60. The van der Waals surface area contributed by atoms with Crippen molar-refractivity contribution in [1.29, 1.82) is 0 Å². The van der Waals surface area contributed by atoms with Gasteiger partial charge in [0.1, 0.15) is 0 Å². The second kappa shape index (κ2) is 38.5. The van der Waals surface area contributed by atoms with Crippen LogP contribution in [-0.2, 0) is 155 Å². The van der Waals surface area contributed by atoms with Crippen LogP contribution in [0.5, 0.6) is 0 Å². The molecule has 30 fully saturated rings. The highest BCUT2D eigenvalue weighted by Gasteiger charge is 2.78. The molecule has 140 heavy (non-hydrogen) atoms. The predicted molar refractivity (Wildman–Crippen MR) is 484 cm³/mol. The number of esters is 2. The number of carboxylic acids is 2. The number of aliphatic carboxylic acids is 1. The van der Waals surface area contributed by atoms with Gasteiger partial charge in [-0.25, -0.2) is 63.4 Å². The van der Waals surface area contributed by atoms with Crippen molar-refractivity contribution in [2.24, 2.45) is 142 Å². The third kappa shape index (κ3) is 17.2. The zero-order valence-electron chi connectivity index (χ0n) is 85.7. The summed E-state index contributed by atoms with van der Waals surface area (Å²) in [5.74, 6) is -0.154. The van der Waals surface area contributed by atoms with E-state index >= 15 is 0 Å². The molecule has 1 aromatic carbocycles. The topological polar surface area (TPSA) is 387 Å². The van der Waals surface area contributed by atoms with E-state index in [9.17, 15) is 24.3 Å². The van der Waals surface area contributed by atoms with Gasteiger partial charge in [0.05, 0.1) is 30.9 Å². The summed E-state index contributed by atoms with van der Waals surface area (Å²) >= 11 is 0. The van der Waals surface area contributed by atoms with E-state index < -0.39 is 137 Å². The first-order valence-corrected chi connectivity index (χ1v) is 53.4. The molecule has 30 aliphatic rings. The lowest BCUT2D eigenvalue weighted by Crippen LogP contribution is -2.70. The van der Waals surface area contributed by atoms with E-state index in [-0.39, 0.29) is 108 Å². The lowest BCUT2D eigenvalue weighted by molar-refractivity contribution is -0.577. The lowest BCUT2D eigenvalue weighted by atomic mass is 9.58. The van der Waals surface area contributed by atoms with Gasteiger partial charge in [0.15, 0.2) is 90.2 Å². The number of fused-ring (bicyclic) bond motifs is 12. The maximum atomic E-state index is 12.1. The van der Waals surface area contributed by atoms with Crippen LogP contribution >= 0.6 is 0 Å². The number of rotatable bonds is 11. The second-order valence-electron chi connectivity index (χ2n) is 47.9. The fourth-order valence-corrected chi connectivity index (χ4v) is 31.4. The molecular weight excluding hydrogens is 1820 g/mol.